The molecular weight excluding hydrogens is 316 g/mol. The molecule has 0 saturated heterocycles. The van der Waals surface area contributed by atoms with E-state index in [0.29, 0.717) is 19.0 Å². The first kappa shape index (κ1) is 15.6. The van der Waals surface area contributed by atoms with Crippen LogP contribution in [0.5, 0.6) is 11.6 Å². The van der Waals surface area contributed by atoms with Crippen molar-refractivity contribution in [1.29, 1.82) is 0 Å². The van der Waals surface area contributed by atoms with E-state index in [0.717, 1.165) is 27.9 Å². The fraction of sp³-hybridized carbons (Fsp3) is 0.316. The van der Waals surface area contributed by atoms with Gasteiger partial charge in [0.05, 0.1) is 24.3 Å². The van der Waals surface area contributed by atoms with Gasteiger partial charge in [-0.15, -0.1) is 0 Å². The largest absolute Gasteiger partial charge is 0.439 e. The number of rotatable bonds is 3. The molecule has 6 nitrogen and oxygen atoms in total. The Balaban J connectivity index is 1.62. The van der Waals surface area contributed by atoms with E-state index in [9.17, 15) is 4.79 Å². The van der Waals surface area contributed by atoms with Gasteiger partial charge in [0.1, 0.15) is 12.1 Å². The summed E-state index contributed by atoms with van der Waals surface area (Å²) in [5.41, 5.74) is 2.90. The first-order chi connectivity index (χ1) is 12.0. The molecule has 0 saturated carbocycles. The molecule has 1 amide bonds. The summed E-state index contributed by atoms with van der Waals surface area (Å²) in [4.78, 5) is 22.7. The number of fused-ring (bicyclic) bond motifs is 2. The molecule has 4 rings (SSSR count). The second kappa shape index (κ2) is 5.88. The van der Waals surface area contributed by atoms with Crippen LogP contribution in [-0.2, 0) is 24.9 Å². The van der Waals surface area contributed by atoms with Crippen molar-refractivity contribution in [1.82, 2.24) is 19.4 Å². The Morgan fingerprint density at radius 3 is 2.84 bits per heavy atom. The molecule has 6 heteroatoms. The van der Waals surface area contributed by atoms with Gasteiger partial charge in [0.2, 0.25) is 11.8 Å². The van der Waals surface area contributed by atoms with Crippen molar-refractivity contribution in [3.63, 3.8) is 0 Å². The van der Waals surface area contributed by atoms with Gasteiger partial charge in [-0.25, -0.2) is 9.97 Å². The molecule has 0 atom stereocenters. The molecule has 0 radical (unpaired) electrons. The van der Waals surface area contributed by atoms with Crippen LogP contribution in [0.3, 0.4) is 0 Å². The van der Waals surface area contributed by atoms with Gasteiger partial charge in [-0.3, -0.25) is 4.79 Å². The molecule has 1 aliphatic heterocycles. The average molecular weight is 336 g/mol. The second-order valence-corrected chi connectivity index (χ2v) is 6.70. The van der Waals surface area contributed by atoms with Crippen molar-refractivity contribution in [2.24, 2.45) is 13.0 Å². The summed E-state index contributed by atoms with van der Waals surface area (Å²) >= 11 is 0. The van der Waals surface area contributed by atoms with E-state index in [-0.39, 0.29) is 11.8 Å². The van der Waals surface area contributed by atoms with Gasteiger partial charge in [-0.2, -0.15) is 0 Å². The highest BCUT2D eigenvalue weighted by Gasteiger charge is 2.29. The normalized spacial score (nSPS) is 13.5. The minimum atomic E-state index is -0.0351. The Labute approximate surface area is 146 Å². The number of nitrogens with zero attached hydrogens (tertiary/aromatic N) is 4. The predicted octanol–water partition coefficient (Wildman–Crippen LogP) is 3.26. The van der Waals surface area contributed by atoms with E-state index in [1.807, 2.05) is 45.3 Å². The van der Waals surface area contributed by atoms with Crippen LogP contribution in [-0.4, -0.2) is 25.3 Å². The fourth-order valence-corrected chi connectivity index (χ4v) is 3.20. The van der Waals surface area contributed by atoms with Gasteiger partial charge in [-0.05, 0) is 24.3 Å². The van der Waals surface area contributed by atoms with Crippen molar-refractivity contribution in [2.45, 2.75) is 26.9 Å². The zero-order chi connectivity index (χ0) is 17.6. The minimum Gasteiger partial charge on any atom is -0.439 e. The van der Waals surface area contributed by atoms with Crippen LogP contribution in [0, 0.1) is 5.92 Å². The minimum absolute atomic E-state index is 0.0351. The molecular formula is C19H20N4O2. The summed E-state index contributed by atoms with van der Waals surface area (Å²) in [7, 11) is 2.01. The maximum absolute atomic E-state index is 12.3. The van der Waals surface area contributed by atoms with E-state index < -0.39 is 0 Å². The third-order valence-corrected chi connectivity index (χ3v) is 4.56. The first-order valence-corrected chi connectivity index (χ1v) is 8.37. The molecule has 0 bridgehead atoms. The molecule has 0 aliphatic carbocycles. The molecule has 0 fully saturated rings. The zero-order valence-electron chi connectivity index (χ0n) is 14.6. The molecule has 0 unspecified atom stereocenters. The van der Waals surface area contributed by atoms with E-state index in [1.165, 1.54) is 6.33 Å². The van der Waals surface area contributed by atoms with Gasteiger partial charge in [-0.1, -0.05) is 13.8 Å². The SMILES string of the molecule is CC(C)C(=O)N1Cc2ncnc(Oc3ccc4c(ccn4C)c3)c2C1. The zero-order valence-corrected chi connectivity index (χ0v) is 14.6. The molecule has 3 aromatic rings. The van der Waals surface area contributed by atoms with Crippen LogP contribution in [0.2, 0.25) is 0 Å². The van der Waals surface area contributed by atoms with Crippen LogP contribution in [0.25, 0.3) is 10.9 Å². The number of hydrogen-bond donors (Lipinski definition) is 0. The summed E-state index contributed by atoms with van der Waals surface area (Å²) in [5, 5.41) is 1.11. The standard InChI is InChI=1S/C19H20N4O2/c1-12(2)19(24)23-9-15-16(10-23)20-11-21-18(15)25-14-4-5-17-13(8-14)6-7-22(17)3/h4-8,11-12H,9-10H2,1-3H3. The molecule has 1 aromatic carbocycles. The number of carbonyl (C=O) groups excluding carboxylic acids is 1. The topological polar surface area (TPSA) is 60.3 Å². The van der Waals surface area contributed by atoms with Crippen molar-refractivity contribution in [3.05, 3.63) is 48.0 Å². The van der Waals surface area contributed by atoms with Crippen LogP contribution in [0.15, 0.2) is 36.8 Å². The quantitative estimate of drug-likeness (QED) is 0.736. The molecule has 3 heterocycles. The molecule has 1 aliphatic rings. The lowest BCUT2D eigenvalue weighted by Gasteiger charge is -2.17. The highest BCUT2D eigenvalue weighted by Crippen LogP contribution is 2.32. The number of benzene rings is 1. The molecule has 0 N–H and O–H groups in total. The lowest BCUT2D eigenvalue weighted by molar-refractivity contribution is -0.135. The molecule has 25 heavy (non-hydrogen) atoms. The molecule has 128 valence electrons. The summed E-state index contributed by atoms with van der Waals surface area (Å²) in [6.07, 6.45) is 3.52. The summed E-state index contributed by atoms with van der Waals surface area (Å²) in [5.74, 6) is 1.34. The van der Waals surface area contributed by atoms with Crippen LogP contribution in [0.4, 0.5) is 0 Å². The van der Waals surface area contributed by atoms with Crippen molar-refractivity contribution >= 4 is 16.8 Å². The number of carbonyl (C=O) groups is 1. The van der Waals surface area contributed by atoms with Gasteiger partial charge in [0.25, 0.3) is 0 Å². The fourth-order valence-electron chi connectivity index (χ4n) is 3.20. The Hall–Kier alpha value is -2.89. The molecule has 2 aromatic heterocycles. The van der Waals surface area contributed by atoms with Crippen LogP contribution < -0.4 is 4.74 Å². The summed E-state index contributed by atoms with van der Waals surface area (Å²) < 4.78 is 8.10. The van der Waals surface area contributed by atoms with Gasteiger partial charge in [0.15, 0.2) is 0 Å². The average Bonchev–Trinajstić information content (AvgIpc) is 3.19. The van der Waals surface area contributed by atoms with Crippen LogP contribution in [0.1, 0.15) is 25.1 Å². The van der Waals surface area contributed by atoms with E-state index in [4.69, 9.17) is 4.74 Å². The second-order valence-electron chi connectivity index (χ2n) is 6.70. The Morgan fingerprint density at radius 1 is 1.20 bits per heavy atom. The Bertz CT molecular complexity index is 961. The van der Waals surface area contributed by atoms with E-state index in [2.05, 4.69) is 20.6 Å². The highest BCUT2D eigenvalue weighted by molar-refractivity contribution is 5.81. The van der Waals surface area contributed by atoms with E-state index in [1.54, 1.807) is 4.90 Å². The van der Waals surface area contributed by atoms with Crippen molar-refractivity contribution in [3.8, 4) is 11.6 Å². The van der Waals surface area contributed by atoms with Crippen LogP contribution >= 0.6 is 0 Å². The number of aryl methyl sites for hydroxylation is 1. The number of aromatic nitrogens is 3. The van der Waals surface area contributed by atoms with E-state index >= 15 is 0 Å². The maximum atomic E-state index is 12.3. The third-order valence-electron chi connectivity index (χ3n) is 4.56. The third kappa shape index (κ3) is 2.73. The lowest BCUT2D eigenvalue weighted by atomic mass is 10.2. The summed E-state index contributed by atoms with van der Waals surface area (Å²) in [6.45, 7) is 4.83. The van der Waals surface area contributed by atoms with Gasteiger partial charge < -0.3 is 14.2 Å². The van der Waals surface area contributed by atoms with Gasteiger partial charge in [0, 0.05) is 30.1 Å². The monoisotopic (exact) mass is 336 g/mol. The summed E-state index contributed by atoms with van der Waals surface area (Å²) in [6, 6.07) is 8.01. The van der Waals surface area contributed by atoms with Crippen molar-refractivity contribution in [2.75, 3.05) is 0 Å². The molecule has 0 spiro atoms. The smallest absolute Gasteiger partial charge is 0.227 e. The predicted molar refractivity (Wildman–Crippen MR) is 94.1 cm³/mol. The van der Waals surface area contributed by atoms with Crippen molar-refractivity contribution < 1.29 is 9.53 Å². The number of amides is 1. The highest BCUT2D eigenvalue weighted by atomic mass is 16.5. The number of hydrogen-bond acceptors (Lipinski definition) is 4. The first-order valence-electron chi connectivity index (χ1n) is 8.37. The Morgan fingerprint density at radius 2 is 2.04 bits per heavy atom. The maximum Gasteiger partial charge on any atom is 0.227 e. The Kier molecular flexibility index (Phi) is 3.67. The van der Waals surface area contributed by atoms with Gasteiger partial charge >= 0.3 is 0 Å². The number of ether oxygens (including phenoxy) is 1. The lowest BCUT2D eigenvalue weighted by Crippen LogP contribution is -2.29.